The van der Waals surface area contributed by atoms with Crippen LogP contribution in [-0.2, 0) is 25.8 Å². The number of carbonyl (C=O) groups excluding carboxylic acids is 1. The molecule has 4 nitrogen and oxygen atoms in total. The first-order valence-corrected chi connectivity index (χ1v) is 10.5. The van der Waals surface area contributed by atoms with Crippen molar-refractivity contribution in [3.8, 4) is 11.5 Å². The first-order valence-electron chi connectivity index (χ1n) is 10.5. The summed E-state index contributed by atoms with van der Waals surface area (Å²) in [4.78, 5) is 12.6. The highest BCUT2D eigenvalue weighted by Gasteiger charge is 2.35. The van der Waals surface area contributed by atoms with E-state index in [0.29, 0.717) is 6.61 Å². The number of carbonyl (C=O) groups is 1. The van der Waals surface area contributed by atoms with Crippen LogP contribution in [0.25, 0.3) is 0 Å². The Hall–Kier alpha value is -2.49. The summed E-state index contributed by atoms with van der Waals surface area (Å²) in [6.45, 7) is 16.4. The van der Waals surface area contributed by atoms with Crippen LogP contribution in [-0.4, -0.2) is 22.8 Å². The predicted molar refractivity (Wildman–Crippen MR) is 121 cm³/mol. The summed E-state index contributed by atoms with van der Waals surface area (Å²) in [5.41, 5.74) is 2.29. The fraction of sp³-hybridized carbons (Fsp3) is 0.500. The lowest BCUT2D eigenvalue weighted by molar-refractivity contribution is -0.144. The molecule has 0 aliphatic rings. The number of aromatic hydroxyl groups is 2. The highest BCUT2D eigenvalue weighted by Crippen LogP contribution is 2.42. The number of rotatable bonds is 5. The van der Waals surface area contributed by atoms with Crippen LogP contribution in [0.1, 0.15) is 84.1 Å². The summed E-state index contributed by atoms with van der Waals surface area (Å²) in [7, 11) is 0. The van der Waals surface area contributed by atoms with E-state index < -0.39 is 5.41 Å². The van der Waals surface area contributed by atoms with E-state index in [1.807, 2.05) is 72.7 Å². The van der Waals surface area contributed by atoms with E-state index >= 15 is 0 Å². The molecule has 0 saturated carbocycles. The summed E-state index contributed by atoms with van der Waals surface area (Å²) in [6, 6.07) is 11.1. The van der Waals surface area contributed by atoms with Gasteiger partial charge in [-0.15, -0.1) is 0 Å². The third-order valence-corrected chi connectivity index (χ3v) is 5.69. The molecule has 0 radical (unpaired) electrons. The minimum absolute atomic E-state index is 0.156. The minimum Gasteiger partial charge on any atom is -0.508 e. The van der Waals surface area contributed by atoms with Gasteiger partial charge in [0.05, 0.1) is 13.0 Å². The van der Waals surface area contributed by atoms with Crippen molar-refractivity contribution in [2.24, 2.45) is 0 Å². The number of hydrogen-bond donors (Lipinski definition) is 2. The van der Waals surface area contributed by atoms with Crippen LogP contribution in [0.5, 0.6) is 11.5 Å². The molecule has 4 heteroatoms. The van der Waals surface area contributed by atoms with Gasteiger partial charge in [0.2, 0.25) is 0 Å². The van der Waals surface area contributed by atoms with Crippen LogP contribution in [0.3, 0.4) is 0 Å². The quantitative estimate of drug-likeness (QED) is 0.595. The first-order chi connectivity index (χ1) is 13.7. The standard InChI is InChI=1S/C26H36O4/c1-9-30-23(29)16-26(8,17-10-12-21(27)19(14-17)24(2,3)4)18-11-13-22(28)20(15-18)25(5,6)7/h10-15,27-28H,9,16H2,1-8H3. The molecule has 0 aromatic heterocycles. The average molecular weight is 413 g/mol. The number of phenolic OH excluding ortho intramolecular Hbond substituents is 2. The number of esters is 1. The number of hydrogen-bond acceptors (Lipinski definition) is 4. The van der Waals surface area contributed by atoms with Crippen molar-refractivity contribution in [1.82, 2.24) is 0 Å². The van der Waals surface area contributed by atoms with Gasteiger partial charge in [0.15, 0.2) is 0 Å². The van der Waals surface area contributed by atoms with E-state index in [1.165, 1.54) is 0 Å². The molecule has 2 rings (SSSR count). The van der Waals surface area contributed by atoms with Gasteiger partial charge in [0, 0.05) is 5.41 Å². The van der Waals surface area contributed by atoms with Gasteiger partial charge in [0.25, 0.3) is 0 Å². The third-order valence-electron chi connectivity index (χ3n) is 5.69. The molecule has 0 spiro atoms. The van der Waals surface area contributed by atoms with Crippen LogP contribution in [0.4, 0.5) is 0 Å². The normalized spacial score (nSPS) is 12.7. The molecule has 2 aromatic rings. The van der Waals surface area contributed by atoms with Crippen molar-refractivity contribution in [3.05, 3.63) is 58.7 Å². The Balaban J connectivity index is 2.74. The smallest absolute Gasteiger partial charge is 0.307 e. The van der Waals surface area contributed by atoms with Crippen molar-refractivity contribution in [2.75, 3.05) is 6.61 Å². The third kappa shape index (κ3) is 4.97. The van der Waals surface area contributed by atoms with Gasteiger partial charge >= 0.3 is 5.97 Å². The Labute approximate surface area is 180 Å². The highest BCUT2D eigenvalue weighted by molar-refractivity contribution is 5.73. The maximum absolute atomic E-state index is 12.6. The maximum Gasteiger partial charge on any atom is 0.307 e. The van der Waals surface area contributed by atoms with Gasteiger partial charge in [0.1, 0.15) is 11.5 Å². The van der Waals surface area contributed by atoms with E-state index in [0.717, 1.165) is 22.3 Å². The Morgan fingerprint density at radius 2 is 1.20 bits per heavy atom. The molecule has 2 N–H and O–H groups in total. The summed E-state index contributed by atoms with van der Waals surface area (Å²) in [5.74, 6) is 0.201. The molecule has 2 aromatic carbocycles. The van der Waals surface area contributed by atoms with Crippen molar-refractivity contribution in [2.45, 2.75) is 78.1 Å². The SMILES string of the molecule is CCOC(=O)CC(C)(c1ccc(O)c(C(C)(C)C)c1)c1ccc(O)c(C(C)(C)C)c1. The van der Waals surface area contributed by atoms with Crippen molar-refractivity contribution in [1.29, 1.82) is 0 Å². The Kier molecular flexibility index (Phi) is 6.60. The van der Waals surface area contributed by atoms with Gasteiger partial charge in [-0.25, -0.2) is 0 Å². The second kappa shape index (κ2) is 8.33. The second-order valence-electron chi connectivity index (χ2n) is 10.3. The number of benzene rings is 2. The van der Waals surface area contributed by atoms with Gasteiger partial charge in [-0.05, 0) is 52.1 Å². The molecule has 164 valence electrons. The molecule has 0 heterocycles. The van der Waals surface area contributed by atoms with Gasteiger partial charge < -0.3 is 14.9 Å². The fourth-order valence-corrected chi connectivity index (χ4v) is 3.83. The molecule has 0 aliphatic heterocycles. The topological polar surface area (TPSA) is 66.8 Å². The first kappa shape index (κ1) is 23.8. The van der Waals surface area contributed by atoms with Crippen LogP contribution in [0, 0.1) is 0 Å². The van der Waals surface area contributed by atoms with E-state index in [1.54, 1.807) is 19.1 Å². The second-order valence-corrected chi connectivity index (χ2v) is 10.3. The van der Waals surface area contributed by atoms with Gasteiger partial charge in [-0.1, -0.05) is 72.7 Å². The maximum atomic E-state index is 12.6. The molecule has 0 saturated heterocycles. The Bertz CT molecular complexity index is 850. The molecule has 0 unspecified atom stereocenters. The van der Waals surface area contributed by atoms with E-state index in [2.05, 4.69) is 0 Å². The fourth-order valence-electron chi connectivity index (χ4n) is 3.83. The zero-order chi connectivity index (χ0) is 22.9. The zero-order valence-corrected chi connectivity index (χ0v) is 19.6. The van der Waals surface area contributed by atoms with Crippen molar-refractivity contribution in [3.63, 3.8) is 0 Å². The Morgan fingerprint density at radius 3 is 1.53 bits per heavy atom. The lowest BCUT2D eigenvalue weighted by Crippen LogP contribution is -2.29. The molecule has 0 fully saturated rings. The van der Waals surface area contributed by atoms with Crippen LogP contribution >= 0.6 is 0 Å². The molecule has 30 heavy (non-hydrogen) atoms. The highest BCUT2D eigenvalue weighted by atomic mass is 16.5. The monoisotopic (exact) mass is 412 g/mol. The largest absolute Gasteiger partial charge is 0.508 e. The van der Waals surface area contributed by atoms with E-state index in [-0.39, 0.29) is 34.7 Å². The molecule has 0 aliphatic carbocycles. The van der Waals surface area contributed by atoms with Crippen molar-refractivity contribution >= 4 is 5.97 Å². The lowest BCUT2D eigenvalue weighted by atomic mass is 9.70. The van der Waals surface area contributed by atoms with Crippen molar-refractivity contribution < 1.29 is 19.7 Å². The van der Waals surface area contributed by atoms with Crippen LogP contribution < -0.4 is 0 Å². The molecular weight excluding hydrogens is 376 g/mol. The van der Waals surface area contributed by atoms with Gasteiger partial charge in [-0.3, -0.25) is 4.79 Å². The summed E-state index contributed by atoms with van der Waals surface area (Å²) >= 11 is 0. The average Bonchev–Trinajstić information content (AvgIpc) is 2.60. The van der Waals surface area contributed by atoms with E-state index in [9.17, 15) is 15.0 Å². The Morgan fingerprint density at radius 1 is 0.800 bits per heavy atom. The van der Waals surface area contributed by atoms with Gasteiger partial charge in [-0.2, -0.15) is 0 Å². The summed E-state index contributed by atoms with van der Waals surface area (Å²) in [5, 5.41) is 20.9. The predicted octanol–water partition coefficient (Wildman–Crippen LogP) is 5.95. The zero-order valence-electron chi connectivity index (χ0n) is 19.6. The summed E-state index contributed by atoms with van der Waals surface area (Å²) < 4.78 is 5.29. The van der Waals surface area contributed by atoms with Crippen LogP contribution in [0.2, 0.25) is 0 Å². The molecular formula is C26H36O4. The molecule has 0 bridgehead atoms. The van der Waals surface area contributed by atoms with Crippen LogP contribution in [0.15, 0.2) is 36.4 Å². The lowest BCUT2D eigenvalue weighted by Gasteiger charge is -2.33. The minimum atomic E-state index is -0.687. The van der Waals surface area contributed by atoms with E-state index in [4.69, 9.17) is 4.74 Å². The summed E-state index contributed by atoms with van der Waals surface area (Å²) in [6.07, 6.45) is 0.156. The number of phenols is 2. The number of ether oxygens (including phenoxy) is 1. The molecule has 0 amide bonds. The molecule has 0 atom stereocenters.